The first-order chi connectivity index (χ1) is 31.9. The van der Waals surface area contributed by atoms with Crippen molar-refractivity contribution >= 4 is 17.8 Å². The number of ether oxygens (including phenoxy) is 8. The Bertz CT molecular complexity index is 1610. The Balaban J connectivity index is 1.70. The average molecular weight is 1000 g/mol. The van der Waals surface area contributed by atoms with Gasteiger partial charge in [0.1, 0.15) is 116 Å². The van der Waals surface area contributed by atoms with E-state index in [1.165, 1.54) is 0 Å². The first-order valence-corrected chi connectivity index (χ1v) is 21.2. The topological polar surface area (TPSA) is 513 Å². The number of carboxylic acid groups (broad SMARTS) is 1. The molecular weight excluding hydrogens is 936 g/mol. The lowest BCUT2D eigenvalue weighted by molar-refractivity contribution is -0.387. The highest BCUT2D eigenvalue weighted by atomic mass is 16.8. The number of carbonyl (C=O) groups is 3. The molecule has 4 heterocycles. The predicted molar refractivity (Wildman–Crippen MR) is 209 cm³/mol. The molecule has 31 heteroatoms. The second-order valence-electron chi connectivity index (χ2n) is 16.6. The van der Waals surface area contributed by atoms with Crippen LogP contribution in [0.4, 0.5) is 0 Å². The number of hydrogen-bond donors (Lipinski definition) is 20. The van der Waals surface area contributed by atoms with Gasteiger partial charge in [0, 0.05) is 20.3 Å². The van der Waals surface area contributed by atoms with Gasteiger partial charge in [-0.3, -0.25) is 9.59 Å². The summed E-state index contributed by atoms with van der Waals surface area (Å²) < 4.78 is 45.3. The number of rotatable bonds is 22. The zero-order valence-corrected chi connectivity index (χ0v) is 36.3. The van der Waals surface area contributed by atoms with Gasteiger partial charge in [0.25, 0.3) is 5.79 Å². The first-order valence-electron chi connectivity index (χ1n) is 21.2. The summed E-state index contributed by atoms with van der Waals surface area (Å²) in [6, 6.07) is -3.54. The van der Waals surface area contributed by atoms with Crippen molar-refractivity contribution in [2.75, 3.05) is 39.6 Å². The summed E-state index contributed by atoms with van der Waals surface area (Å²) in [6.07, 6.45) is -47.0. The smallest absolute Gasteiger partial charge is 0.364 e. The Morgan fingerprint density at radius 2 is 1.06 bits per heavy atom. The molecule has 20 N–H and O–H groups in total. The van der Waals surface area contributed by atoms with Crippen LogP contribution >= 0.6 is 0 Å². The Kier molecular flexibility index (Phi) is 21.5. The van der Waals surface area contributed by atoms with Gasteiger partial charge >= 0.3 is 5.97 Å². The Morgan fingerprint density at radius 3 is 1.56 bits per heavy atom. The molecule has 31 nitrogen and oxygen atoms in total. The van der Waals surface area contributed by atoms with E-state index >= 15 is 0 Å². The number of carboxylic acids is 1. The van der Waals surface area contributed by atoms with Gasteiger partial charge in [-0.15, -0.1) is 0 Å². The van der Waals surface area contributed by atoms with Crippen molar-refractivity contribution in [1.82, 2.24) is 10.6 Å². The van der Waals surface area contributed by atoms with Crippen LogP contribution in [-0.4, -0.2) is 302 Å². The van der Waals surface area contributed by atoms with Crippen LogP contribution in [0.15, 0.2) is 0 Å². The molecule has 0 bridgehead atoms. The van der Waals surface area contributed by atoms with Crippen molar-refractivity contribution in [3.63, 3.8) is 0 Å². The van der Waals surface area contributed by atoms with E-state index < -0.39 is 217 Å². The maximum Gasteiger partial charge on any atom is 0.364 e. The molecule has 0 unspecified atom stereocenters. The molecule has 4 fully saturated rings. The van der Waals surface area contributed by atoms with Crippen molar-refractivity contribution in [2.45, 2.75) is 173 Å². The molecule has 0 spiro atoms. The lowest BCUT2D eigenvalue weighted by Crippen LogP contribution is -2.71. The van der Waals surface area contributed by atoms with Gasteiger partial charge in [-0.2, -0.15) is 0 Å². The monoisotopic (exact) mass is 1000 g/mol. The molecule has 396 valence electrons. The van der Waals surface area contributed by atoms with Gasteiger partial charge in [-0.05, 0) is 0 Å². The number of nitrogens with one attached hydrogen (secondary N) is 2. The number of aliphatic carboxylic acids is 1. The summed E-state index contributed by atoms with van der Waals surface area (Å²) in [5.74, 6) is -7.03. The van der Waals surface area contributed by atoms with Crippen molar-refractivity contribution < 1.29 is 144 Å². The van der Waals surface area contributed by atoms with Crippen molar-refractivity contribution in [3.05, 3.63) is 0 Å². The number of hydrogen-bond acceptors (Lipinski definition) is 28. The average Bonchev–Trinajstić information content (AvgIpc) is 3.30. The van der Waals surface area contributed by atoms with Crippen LogP contribution in [0.1, 0.15) is 20.3 Å². The molecule has 0 aromatic heterocycles. The maximum atomic E-state index is 13.0. The number of aliphatic hydroxyl groups excluding tert-OH is 17. The fraction of sp³-hybridized carbons (Fsp3) is 0.919. The van der Waals surface area contributed by atoms with Crippen LogP contribution in [0, 0.1) is 0 Å². The van der Waals surface area contributed by atoms with Crippen LogP contribution in [-0.2, 0) is 52.3 Å². The van der Waals surface area contributed by atoms with Gasteiger partial charge < -0.3 is 140 Å². The SMILES string of the molecule is CC(=O)N[C@H]1[C@H](O[C@H]2[C@@H](O)[C@@H](CO)O[C@@H](O[C@@H]([C@H](O)[C@@H](O)CO)[C@H](O)CO)[C@@H]2O)O[C@H](CO)[C@@H](O)[C@@H]1O[C@@H]1O[C@H](CO)[C@H](O)[C@H](O[C@]2(C(=O)O)C[C@H](O)[C@@H](NC(C)=O)[C@H]([C@H](O)[C@H](O)CO)O2)[C@H]1O. The molecular formula is C37H64N2O29. The van der Waals surface area contributed by atoms with Crippen LogP contribution in [0.3, 0.4) is 0 Å². The maximum absolute atomic E-state index is 13.0. The minimum atomic E-state index is -3.20. The van der Waals surface area contributed by atoms with Crippen molar-refractivity contribution in [3.8, 4) is 0 Å². The fourth-order valence-corrected chi connectivity index (χ4v) is 8.13. The molecule has 25 atom stereocenters. The van der Waals surface area contributed by atoms with E-state index in [2.05, 4.69) is 10.6 Å². The fourth-order valence-electron chi connectivity index (χ4n) is 8.13. The standard InChI is InChI=1S/C37H64N2O29/c1-10(46)38-19-12(48)3-37(36(59)60,67-30(19)22(53)14(50)5-41)68-32-25(56)18(9-45)63-35(27(32)58)65-29-20(39-11(2)47)33(61-16(7-43)23(29)54)66-31-24(55)17(8-44)62-34(26(31)57)64-28(15(51)6-42)21(52)13(49)4-40/h12-35,40-45,48-58H,3-9H2,1-2H3,(H,38,46)(H,39,47)(H,59,60)/t12-,13-,14+,15+,16+,17+,18+,19+,20+,21+,22+,23+,24-,25-,26+,27+,28+,29+,30+,31-,32-,33-,34-,35-,37-/m0/s1. The largest absolute Gasteiger partial charge is 0.477 e. The van der Waals surface area contributed by atoms with Gasteiger partial charge in [-0.25, -0.2) is 4.79 Å². The molecule has 4 saturated heterocycles. The third-order valence-corrected chi connectivity index (χ3v) is 11.7. The second-order valence-corrected chi connectivity index (χ2v) is 16.6. The summed E-state index contributed by atoms with van der Waals surface area (Å²) >= 11 is 0. The summed E-state index contributed by atoms with van der Waals surface area (Å²) in [4.78, 5) is 37.6. The second kappa shape index (κ2) is 25.2. The predicted octanol–water partition coefficient (Wildman–Crippen LogP) is -12.8. The zero-order valence-electron chi connectivity index (χ0n) is 36.3. The van der Waals surface area contributed by atoms with E-state index in [-0.39, 0.29) is 0 Å². The van der Waals surface area contributed by atoms with E-state index in [9.17, 15) is 106 Å². The van der Waals surface area contributed by atoms with E-state index in [4.69, 9.17) is 37.9 Å². The summed E-state index contributed by atoms with van der Waals surface area (Å²) in [5.41, 5.74) is 0. The molecule has 0 aromatic carbocycles. The van der Waals surface area contributed by atoms with Gasteiger partial charge in [-0.1, -0.05) is 0 Å². The molecule has 4 aliphatic rings. The number of carbonyl (C=O) groups excluding carboxylic acids is 2. The Labute approximate surface area is 385 Å². The van der Waals surface area contributed by atoms with Crippen LogP contribution < -0.4 is 10.6 Å². The van der Waals surface area contributed by atoms with Crippen LogP contribution in [0.2, 0.25) is 0 Å². The Hall–Kier alpha value is -2.59. The van der Waals surface area contributed by atoms with Crippen molar-refractivity contribution in [2.24, 2.45) is 0 Å². The quantitative estimate of drug-likeness (QED) is 0.0479. The number of amides is 2. The van der Waals surface area contributed by atoms with Crippen LogP contribution in [0.5, 0.6) is 0 Å². The van der Waals surface area contributed by atoms with E-state index in [0.717, 1.165) is 13.8 Å². The number of aliphatic hydroxyl groups is 17. The lowest BCUT2D eigenvalue weighted by atomic mass is 9.88. The van der Waals surface area contributed by atoms with Gasteiger partial charge in [0.05, 0.1) is 51.8 Å². The molecule has 0 aromatic rings. The molecule has 0 aliphatic carbocycles. The molecule has 68 heavy (non-hydrogen) atoms. The van der Waals surface area contributed by atoms with E-state index in [1.807, 2.05) is 0 Å². The lowest BCUT2D eigenvalue weighted by Gasteiger charge is -2.51. The third kappa shape index (κ3) is 12.9. The van der Waals surface area contributed by atoms with Gasteiger partial charge in [0.2, 0.25) is 11.8 Å². The third-order valence-electron chi connectivity index (χ3n) is 11.7. The minimum Gasteiger partial charge on any atom is -0.477 e. The highest BCUT2D eigenvalue weighted by Gasteiger charge is 2.61. The molecule has 4 aliphatic heterocycles. The molecule has 4 rings (SSSR count). The normalized spacial score (nSPS) is 41.7. The van der Waals surface area contributed by atoms with Crippen LogP contribution in [0.25, 0.3) is 0 Å². The molecule has 2 amide bonds. The Morgan fingerprint density at radius 1 is 0.603 bits per heavy atom. The first kappa shape index (κ1) is 58.0. The minimum absolute atomic E-state index is 0.824. The van der Waals surface area contributed by atoms with E-state index in [1.54, 1.807) is 0 Å². The summed E-state index contributed by atoms with van der Waals surface area (Å²) in [6.45, 7) is -4.65. The highest BCUT2D eigenvalue weighted by molar-refractivity contribution is 5.76. The van der Waals surface area contributed by atoms with Gasteiger partial charge in [0.15, 0.2) is 18.9 Å². The van der Waals surface area contributed by atoms with E-state index in [0.29, 0.717) is 0 Å². The zero-order chi connectivity index (χ0) is 51.1. The van der Waals surface area contributed by atoms with Crippen molar-refractivity contribution in [1.29, 1.82) is 0 Å². The molecule has 0 saturated carbocycles. The highest BCUT2D eigenvalue weighted by Crippen LogP contribution is 2.39. The summed E-state index contributed by atoms with van der Waals surface area (Å²) in [5, 5.41) is 194. The summed E-state index contributed by atoms with van der Waals surface area (Å²) in [7, 11) is 0. The molecule has 0 radical (unpaired) electrons.